The molecule has 0 amide bonds. The molecule has 2 saturated carbocycles. The van der Waals surface area contributed by atoms with Gasteiger partial charge in [-0.15, -0.1) is 6.58 Å². The molecule has 20 heavy (non-hydrogen) atoms. The molecule has 2 fully saturated rings. The Kier molecular flexibility index (Phi) is 3.23. The van der Waals surface area contributed by atoms with E-state index in [4.69, 9.17) is 0 Å². The highest BCUT2D eigenvalue weighted by Gasteiger charge is 2.54. The van der Waals surface area contributed by atoms with Gasteiger partial charge >= 0.3 is 0 Å². The molecule has 0 aromatic rings. The van der Waals surface area contributed by atoms with Crippen molar-refractivity contribution in [3.8, 4) is 0 Å². The monoisotopic (exact) mass is 272 g/mol. The lowest BCUT2D eigenvalue weighted by Crippen LogP contribution is -2.50. The van der Waals surface area contributed by atoms with E-state index in [0.717, 1.165) is 11.8 Å². The van der Waals surface area contributed by atoms with Crippen molar-refractivity contribution in [3.63, 3.8) is 0 Å². The van der Waals surface area contributed by atoms with Crippen LogP contribution < -0.4 is 0 Å². The zero-order valence-corrected chi connectivity index (χ0v) is 14.0. The molecule has 112 valence electrons. The van der Waals surface area contributed by atoms with Crippen LogP contribution in [0.25, 0.3) is 0 Å². The average Bonchev–Trinajstić information content (AvgIpc) is 2.37. The summed E-state index contributed by atoms with van der Waals surface area (Å²) in [5, 5.41) is 0. The highest BCUT2D eigenvalue weighted by molar-refractivity contribution is 5.26. The van der Waals surface area contributed by atoms with Gasteiger partial charge in [0, 0.05) is 5.41 Å². The summed E-state index contributed by atoms with van der Waals surface area (Å²) in [4.78, 5) is 0. The highest BCUT2D eigenvalue weighted by Crippen LogP contribution is 2.63. The Morgan fingerprint density at radius 1 is 1.10 bits per heavy atom. The minimum Gasteiger partial charge on any atom is -0.102 e. The molecule has 3 aliphatic carbocycles. The third-order valence-corrected chi connectivity index (χ3v) is 7.19. The van der Waals surface area contributed by atoms with Gasteiger partial charge in [0.25, 0.3) is 0 Å². The second kappa shape index (κ2) is 4.49. The minimum atomic E-state index is 0.263. The van der Waals surface area contributed by atoms with Crippen molar-refractivity contribution in [2.24, 2.45) is 28.1 Å². The molecule has 0 heterocycles. The topological polar surface area (TPSA) is 0 Å². The Labute approximate surface area is 125 Å². The first kappa shape index (κ1) is 14.4. The molecule has 4 atom stereocenters. The molecule has 0 spiro atoms. The van der Waals surface area contributed by atoms with Crippen LogP contribution in [-0.2, 0) is 0 Å². The molecule has 3 aliphatic rings. The molecular formula is C20H32. The van der Waals surface area contributed by atoms with Gasteiger partial charge in [-0.1, -0.05) is 51.8 Å². The van der Waals surface area contributed by atoms with Crippen LogP contribution in [0.3, 0.4) is 0 Å². The van der Waals surface area contributed by atoms with Gasteiger partial charge in [-0.05, 0) is 61.2 Å². The lowest BCUT2D eigenvalue weighted by atomic mass is 9.45. The Morgan fingerprint density at radius 3 is 2.55 bits per heavy atom. The molecule has 0 nitrogen and oxygen atoms in total. The predicted molar refractivity (Wildman–Crippen MR) is 87.6 cm³/mol. The normalized spacial score (nSPS) is 46.9. The first-order chi connectivity index (χ1) is 9.31. The van der Waals surface area contributed by atoms with Crippen molar-refractivity contribution in [2.75, 3.05) is 0 Å². The van der Waals surface area contributed by atoms with E-state index in [1.807, 2.05) is 0 Å². The Hall–Kier alpha value is -0.520. The van der Waals surface area contributed by atoms with E-state index in [9.17, 15) is 0 Å². The summed E-state index contributed by atoms with van der Waals surface area (Å²) >= 11 is 0. The van der Waals surface area contributed by atoms with Gasteiger partial charge in [-0.3, -0.25) is 0 Å². The quantitative estimate of drug-likeness (QED) is 0.503. The van der Waals surface area contributed by atoms with Gasteiger partial charge in [0.1, 0.15) is 0 Å². The van der Waals surface area contributed by atoms with Gasteiger partial charge in [0.2, 0.25) is 0 Å². The molecule has 0 N–H and O–H groups in total. The lowest BCUT2D eigenvalue weighted by molar-refractivity contribution is -0.0587. The SMILES string of the molecule is C=C[C@]1(C)C=C2CCC3C(C)(C)CCCC3(C)C2CC1. The van der Waals surface area contributed by atoms with E-state index in [-0.39, 0.29) is 5.41 Å². The van der Waals surface area contributed by atoms with Crippen LogP contribution >= 0.6 is 0 Å². The Balaban J connectivity index is 1.97. The average molecular weight is 272 g/mol. The van der Waals surface area contributed by atoms with Crippen molar-refractivity contribution in [2.45, 2.75) is 72.6 Å². The number of allylic oxidation sites excluding steroid dienone is 3. The summed E-state index contributed by atoms with van der Waals surface area (Å²) in [6.07, 6.45) is 14.5. The van der Waals surface area contributed by atoms with Crippen molar-refractivity contribution in [1.82, 2.24) is 0 Å². The van der Waals surface area contributed by atoms with E-state index < -0.39 is 0 Å². The second-order valence-electron chi connectivity index (χ2n) is 8.96. The lowest BCUT2D eigenvalue weighted by Gasteiger charge is -2.59. The minimum absolute atomic E-state index is 0.263. The maximum atomic E-state index is 4.07. The van der Waals surface area contributed by atoms with Gasteiger partial charge < -0.3 is 0 Å². The van der Waals surface area contributed by atoms with Crippen LogP contribution in [0.2, 0.25) is 0 Å². The van der Waals surface area contributed by atoms with Crippen molar-refractivity contribution < 1.29 is 0 Å². The van der Waals surface area contributed by atoms with Crippen LogP contribution in [0.1, 0.15) is 72.6 Å². The fourth-order valence-electron chi connectivity index (χ4n) is 6.01. The third-order valence-electron chi connectivity index (χ3n) is 7.19. The molecule has 3 unspecified atom stereocenters. The smallest absolute Gasteiger partial charge is 0.00330 e. The third kappa shape index (κ3) is 2.02. The zero-order valence-electron chi connectivity index (χ0n) is 14.0. The fourth-order valence-corrected chi connectivity index (χ4v) is 6.01. The summed E-state index contributed by atoms with van der Waals surface area (Å²) in [6, 6.07) is 0. The second-order valence-corrected chi connectivity index (χ2v) is 8.96. The van der Waals surface area contributed by atoms with Gasteiger partial charge in [-0.2, -0.15) is 0 Å². The molecule has 0 heteroatoms. The van der Waals surface area contributed by atoms with Crippen LogP contribution in [0.4, 0.5) is 0 Å². The summed E-state index contributed by atoms with van der Waals surface area (Å²) in [5.74, 6) is 1.79. The Morgan fingerprint density at radius 2 is 1.85 bits per heavy atom. The summed E-state index contributed by atoms with van der Waals surface area (Å²) in [6.45, 7) is 14.1. The van der Waals surface area contributed by atoms with Crippen molar-refractivity contribution >= 4 is 0 Å². The summed E-state index contributed by atoms with van der Waals surface area (Å²) in [7, 11) is 0. The largest absolute Gasteiger partial charge is 0.102 e. The predicted octanol–water partition coefficient (Wildman–Crippen LogP) is 6.14. The van der Waals surface area contributed by atoms with Crippen LogP contribution in [0.15, 0.2) is 24.3 Å². The number of hydrogen-bond donors (Lipinski definition) is 0. The molecule has 0 aliphatic heterocycles. The van der Waals surface area contributed by atoms with Gasteiger partial charge in [0.15, 0.2) is 0 Å². The van der Waals surface area contributed by atoms with E-state index in [1.165, 1.54) is 44.9 Å². The van der Waals surface area contributed by atoms with E-state index >= 15 is 0 Å². The van der Waals surface area contributed by atoms with Crippen LogP contribution in [-0.4, -0.2) is 0 Å². The van der Waals surface area contributed by atoms with Crippen LogP contribution in [0, 0.1) is 28.1 Å². The zero-order chi connectivity index (χ0) is 14.6. The molecular weight excluding hydrogens is 240 g/mol. The first-order valence-electron chi connectivity index (χ1n) is 8.66. The molecule has 0 aromatic heterocycles. The maximum Gasteiger partial charge on any atom is 0.00330 e. The molecule has 0 saturated heterocycles. The van der Waals surface area contributed by atoms with Crippen molar-refractivity contribution in [3.05, 3.63) is 24.3 Å². The summed E-state index contributed by atoms with van der Waals surface area (Å²) in [5.41, 5.74) is 3.15. The van der Waals surface area contributed by atoms with Gasteiger partial charge in [-0.25, -0.2) is 0 Å². The van der Waals surface area contributed by atoms with Crippen molar-refractivity contribution in [1.29, 1.82) is 0 Å². The number of rotatable bonds is 1. The highest BCUT2D eigenvalue weighted by atomic mass is 14.6. The Bertz CT molecular complexity index is 441. The molecule has 0 aromatic carbocycles. The number of fused-ring (bicyclic) bond motifs is 3. The fraction of sp³-hybridized carbons (Fsp3) is 0.800. The van der Waals surface area contributed by atoms with Crippen LogP contribution in [0.5, 0.6) is 0 Å². The van der Waals surface area contributed by atoms with E-state index in [1.54, 1.807) is 5.57 Å². The first-order valence-corrected chi connectivity index (χ1v) is 8.66. The molecule has 3 rings (SSSR count). The van der Waals surface area contributed by atoms with E-state index in [2.05, 4.69) is 46.4 Å². The standard InChI is InChI=1S/C20H32/c1-6-19(4)13-10-16-15(14-19)8-9-17-18(2,3)11-7-12-20(16,17)5/h6,14,16-17H,1,7-13H2,2-5H3/t16?,17?,19-,20?/m0/s1. The molecule has 0 bridgehead atoms. The van der Waals surface area contributed by atoms with E-state index in [0.29, 0.717) is 10.8 Å². The van der Waals surface area contributed by atoms with Gasteiger partial charge in [0.05, 0.1) is 0 Å². The maximum absolute atomic E-state index is 4.07. The number of hydrogen-bond acceptors (Lipinski definition) is 0. The molecule has 0 radical (unpaired) electrons. The summed E-state index contributed by atoms with van der Waals surface area (Å²) < 4.78 is 0.